The molecule has 4 N–H and O–H groups in total. The van der Waals surface area contributed by atoms with Gasteiger partial charge in [-0.25, -0.2) is 0 Å². The fourth-order valence-electron chi connectivity index (χ4n) is 2.27. The summed E-state index contributed by atoms with van der Waals surface area (Å²) in [5.74, 6) is 0.228. The lowest BCUT2D eigenvalue weighted by Gasteiger charge is -2.21. The van der Waals surface area contributed by atoms with Crippen LogP contribution in [0.2, 0.25) is 0 Å². The number of aliphatic hydroxyl groups excluding tert-OH is 1. The molecule has 0 saturated carbocycles. The molecule has 0 aromatic heterocycles. The van der Waals surface area contributed by atoms with Crippen LogP contribution in [-0.4, -0.2) is 54.7 Å². The van der Waals surface area contributed by atoms with Gasteiger partial charge in [0.1, 0.15) is 0 Å². The lowest BCUT2D eigenvalue weighted by molar-refractivity contribution is -0.130. The zero-order valence-electron chi connectivity index (χ0n) is 11.2. The molecule has 1 saturated heterocycles. The SMILES string of the molecule is NCC(CC(=O)N1CCCC1)NCCCCCO. The van der Waals surface area contributed by atoms with Crippen molar-refractivity contribution < 1.29 is 9.90 Å². The van der Waals surface area contributed by atoms with Crippen LogP contribution in [-0.2, 0) is 4.79 Å². The third-order valence-corrected chi connectivity index (χ3v) is 3.43. The molecular weight excluding hydrogens is 230 g/mol. The lowest BCUT2D eigenvalue weighted by atomic mass is 10.1. The van der Waals surface area contributed by atoms with E-state index in [0.717, 1.165) is 51.7 Å². The number of unbranched alkanes of at least 4 members (excludes halogenated alkanes) is 2. The minimum Gasteiger partial charge on any atom is -0.396 e. The Balaban J connectivity index is 2.13. The Kier molecular flexibility index (Phi) is 7.96. The summed E-state index contributed by atoms with van der Waals surface area (Å²) >= 11 is 0. The Labute approximate surface area is 110 Å². The molecule has 1 unspecified atom stereocenters. The van der Waals surface area contributed by atoms with Crippen LogP contribution in [0, 0.1) is 0 Å². The first-order valence-corrected chi connectivity index (χ1v) is 7.10. The first-order valence-electron chi connectivity index (χ1n) is 7.10. The molecule has 18 heavy (non-hydrogen) atoms. The molecule has 1 atom stereocenters. The lowest BCUT2D eigenvalue weighted by Crippen LogP contribution is -2.41. The maximum Gasteiger partial charge on any atom is 0.224 e. The molecule has 0 spiro atoms. The Hall–Kier alpha value is -0.650. The number of hydrogen-bond acceptors (Lipinski definition) is 4. The van der Waals surface area contributed by atoms with E-state index in [2.05, 4.69) is 5.32 Å². The van der Waals surface area contributed by atoms with Crippen LogP contribution in [0.3, 0.4) is 0 Å². The van der Waals surface area contributed by atoms with Gasteiger partial charge in [-0.05, 0) is 38.6 Å². The Morgan fingerprint density at radius 2 is 2.00 bits per heavy atom. The molecular formula is C13H27N3O2. The molecule has 1 rings (SSSR count). The van der Waals surface area contributed by atoms with Crippen molar-refractivity contribution in [2.24, 2.45) is 5.73 Å². The number of hydrogen-bond donors (Lipinski definition) is 3. The maximum absolute atomic E-state index is 11.9. The number of nitrogens with zero attached hydrogens (tertiary/aromatic N) is 1. The number of carbonyl (C=O) groups is 1. The summed E-state index contributed by atoms with van der Waals surface area (Å²) in [4.78, 5) is 13.9. The molecule has 5 heteroatoms. The first kappa shape index (κ1) is 15.4. The highest BCUT2D eigenvalue weighted by Crippen LogP contribution is 2.09. The van der Waals surface area contributed by atoms with Crippen LogP contribution < -0.4 is 11.1 Å². The van der Waals surface area contributed by atoms with Gasteiger partial charge in [0.2, 0.25) is 5.91 Å². The predicted octanol–water partition coefficient (Wildman–Crippen LogP) is 0.0784. The standard InChI is InChI=1S/C13H27N3O2/c14-11-12(15-6-2-1-5-9-17)10-13(18)16-7-3-4-8-16/h12,15,17H,1-11,14H2. The van der Waals surface area contributed by atoms with Gasteiger partial charge in [-0.2, -0.15) is 0 Å². The third-order valence-electron chi connectivity index (χ3n) is 3.43. The molecule has 106 valence electrons. The molecule has 0 bridgehead atoms. The van der Waals surface area contributed by atoms with Crippen LogP contribution >= 0.6 is 0 Å². The minimum atomic E-state index is 0.0900. The molecule has 1 aliphatic heterocycles. The summed E-state index contributed by atoms with van der Waals surface area (Å²) in [6, 6.07) is 0.0900. The van der Waals surface area contributed by atoms with E-state index in [-0.39, 0.29) is 18.6 Å². The monoisotopic (exact) mass is 257 g/mol. The van der Waals surface area contributed by atoms with Gasteiger partial charge in [0.25, 0.3) is 0 Å². The molecule has 0 aliphatic carbocycles. The van der Waals surface area contributed by atoms with E-state index in [1.54, 1.807) is 0 Å². The second-order valence-electron chi connectivity index (χ2n) is 4.96. The number of aliphatic hydroxyl groups is 1. The summed E-state index contributed by atoms with van der Waals surface area (Å²) in [5, 5.41) is 12.0. The van der Waals surface area contributed by atoms with Crippen molar-refractivity contribution in [2.45, 2.75) is 44.6 Å². The molecule has 1 amide bonds. The average molecular weight is 257 g/mol. The summed E-state index contributed by atoms with van der Waals surface area (Å²) in [6.45, 7) is 3.45. The highest BCUT2D eigenvalue weighted by Gasteiger charge is 2.20. The van der Waals surface area contributed by atoms with E-state index in [0.29, 0.717) is 13.0 Å². The average Bonchev–Trinajstić information content (AvgIpc) is 2.91. The largest absolute Gasteiger partial charge is 0.396 e. The van der Waals surface area contributed by atoms with Gasteiger partial charge in [-0.1, -0.05) is 0 Å². The van der Waals surface area contributed by atoms with Crippen molar-refractivity contribution in [1.82, 2.24) is 10.2 Å². The van der Waals surface area contributed by atoms with Crippen LogP contribution in [0.5, 0.6) is 0 Å². The van der Waals surface area contributed by atoms with Gasteiger partial charge in [-0.15, -0.1) is 0 Å². The van der Waals surface area contributed by atoms with E-state index in [9.17, 15) is 4.79 Å². The first-order chi connectivity index (χ1) is 8.77. The fourth-order valence-corrected chi connectivity index (χ4v) is 2.27. The molecule has 5 nitrogen and oxygen atoms in total. The van der Waals surface area contributed by atoms with Crippen molar-refractivity contribution in [3.8, 4) is 0 Å². The zero-order chi connectivity index (χ0) is 13.2. The molecule has 0 aromatic rings. The van der Waals surface area contributed by atoms with Crippen LogP contribution in [0.1, 0.15) is 38.5 Å². The van der Waals surface area contributed by atoms with Gasteiger partial charge in [0.05, 0.1) is 0 Å². The third kappa shape index (κ3) is 5.80. The number of rotatable bonds is 9. The van der Waals surface area contributed by atoms with Gasteiger partial charge in [0, 0.05) is 38.7 Å². The van der Waals surface area contributed by atoms with Crippen molar-refractivity contribution in [3.05, 3.63) is 0 Å². The van der Waals surface area contributed by atoms with Gasteiger partial charge >= 0.3 is 0 Å². The predicted molar refractivity (Wildman–Crippen MR) is 72.2 cm³/mol. The number of likely N-dealkylation sites (tertiary alicyclic amines) is 1. The van der Waals surface area contributed by atoms with E-state index in [1.807, 2.05) is 4.90 Å². The summed E-state index contributed by atoms with van der Waals surface area (Å²) in [6.07, 6.45) is 5.66. The topological polar surface area (TPSA) is 78.6 Å². The summed E-state index contributed by atoms with van der Waals surface area (Å²) in [7, 11) is 0. The normalized spacial score (nSPS) is 17.1. The van der Waals surface area contributed by atoms with Gasteiger partial charge in [0.15, 0.2) is 0 Å². The summed E-state index contributed by atoms with van der Waals surface area (Å²) < 4.78 is 0. The van der Waals surface area contributed by atoms with Crippen molar-refractivity contribution in [3.63, 3.8) is 0 Å². The van der Waals surface area contributed by atoms with E-state index >= 15 is 0 Å². The quantitative estimate of drug-likeness (QED) is 0.511. The second-order valence-corrected chi connectivity index (χ2v) is 4.96. The Morgan fingerprint density at radius 1 is 1.28 bits per heavy atom. The number of carbonyl (C=O) groups excluding carboxylic acids is 1. The van der Waals surface area contributed by atoms with Crippen molar-refractivity contribution in [1.29, 1.82) is 0 Å². The van der Waals surface area contributed by atoms with E-state index in [1.165, 1.54) is 0 Å². The molecule has 1 heterocycles. The molecule has 1 aliphatic rings. The van der Waals surface area contributed by atoms with E-state index in [4.69, 9.17) is 10.8 Å². The molecule has 0 aromatic carbocycles. The number of nitrogens with two attached hydrogens (primary N) is 1. The maximum atomic E-state index is 11.9. The second kappa shape index (κ2) is 9.30. The highest BCUT2D eigenvalue weighted by atomic mass is 16.2. The Bertz CT molecular complexity index is 230. The number of nitrogens with one attached hydrogen (secondary N) is 1. The van der Waals surface area contributed by atoms with Crippen molar-refractivity contribution in [2.75, 3.05) is 32.8 Å². The van der Waals surface area contributed by atoms with Crippen molar-refractivity contribution >= 4 is 5.91 Å². The highest BCUT2D eigenvalue weighted by molar-refractivity contribution is 5.77. The van der Waals surface area contributed by atoms with Crippen LogP contribution in [0.4, 0.5) is 0 Å². The fraction of sp³-hybridized carbons (Fsp3) is 0.923. The molecule has 1 fully saturated rings. The summed E-state index contributed by atoms with van der Waals surface area (Å²) in [5.41, 5.74) is 5.69. The smallest absolute Gasteiger partial charge is 0.224 e. The minimum absolute atomic E-state index is 0.0900. The zero-order valence-corrected chi connectivity index (χ0v) is 11.2. The van der Waals surface area contributed by atoms with Crippen LogP contribution in [0.15, 0.2) is 0 Å². The van der Waals surface area contributed by atoms with Crippen LogP contribution in [0.25, 0.3) is 0 Å². The Morgan fingerprint density at radius 3 is 2.61 bits per heavy atom. The van der Waals surface area contributed by atoms with Gasteiger partial charge < -0.3 is 21.1 Å². The van der Waals surface area contributed by atoms with Gasteiger partial charge in [-0.3, -0.25) is 4.79 Å². The molecule has 0 radical (unpaired) electrons. The number of amides is 1. The van der Waals surface area contributed by atoms with E-state index < -0.39 is 0 Å².